The van der Waals surface area contributed by atoms with E-state index in [4.69, 9.17) is 4.74 Å². The van der Waals surface area contributed by atoms with E-state index in [-0.39, 0.29) is 5.91 Å². The second-order valence-electron chi connectivity index (χ2n) is 5.18. The van der Waals surface area contributed by atoms with E-state index >= 15 is 0 Å². The Morgan fingerprint density at radius 3 is 2.64 bits per heavy atom. The zero-order chi connectivity index (χ0) is 16.4. The molecule has 0 saturated heterocycles. The van der Waals surface area contributed by atoms with E-state index in [1.807, 2.05) is 32.0 Å². The van der Waals surface area contributed by atoms with E-state index in [1.165, 1.54) is 5.56 Å². The smallest absolute Gasteiger partial charge is 0.239 e. The van der Waals surface area contributed by atoms with Crippen LogP contribution in [0.3, 0.4) is 0 Å². The molecule has 1 unspecified atom stereocenters. The van der Waals surface area contributed by atoms with Crippen LogP contribution in [0.1, 0.15) is 39.2 Å². The fourth-order valence-corrected chi connectivity index (χ4v) is 2.33. The molecule has 0 radical (unpaired) electrons. The highest BCUT2D eigenvalue weighted by atomic mass is 16.5. The monoisotopic (exact) mass is 302 g/mol. The Hall–Kier alpha value is -2.02. The molecule has 4 nitrogen and oxygen atoms in total. The Balaban J connectivity index is 2.41. The molecular weight excluding hydrogens is 276 g/mol. The molecule has 0 N–H and O–H groups in total. The topological polar surface area (TPSA) is 53.3 Å². The van der Waals surface area contributed by atoms with Gasteiger partial charge in [-0.2, -0.15) is 5.26 Å². The highest BCUT2D eigenvalue weighted by Crippen LogP contribution is 2.15. The number of rotatable bonds is 9. The summed E-state index contributed by atoms with van der Waals surface area (Å²) in [5, 5.41) is 9.18. The maximum Gasteiger partial charge on any atom is 0.239 e. The first kappa shape index (κ1) is 18.0. The van der Waals surface area contributed by atoms with Crippen molar-refractivity contribution in [2.75, 3.05) is 19.7 Å². The molecule has 120 valence electrons. The van der Waals surface area contributed by atoms with Gasteiger partial charge >= 0.3 is 0 Å². The average Bonchev–Trinajstić information content (AvgIpc) is 2.56. The van der Waals surface area contributed by atoms with E-state index < -0.39 is 5.92 Å². The van der Waals surface area contributed by atoms with Crippen molar-refractivity contribution in [3.63, 3.8) is 0 Å². The van der Waals surface area contributed by atoms with Crippen LogP contribution >= 0.6 is 0 Å². The second-order valence-corrected chi connectivity index (χ2v) is 5.18. The predicted molar refractivity (Wildman–Crippen MR) is 87.6 cm³/mol. The first-order chi connectivity index (χ1) is 10.7. The molecule has 0 aliphatic rings. The van der Waals surface area contributed by atoms with Gasteiger partial charge in [0.15, 0.2) is 0 Å². The lowest BCUT2D eigenvalue weighted by Gasteiger charge is -2.21. The van der Waals surface area contributed by atoms with Gasteiger partial charge in [0.25, 0.3) is 0 Å². The number of ether oxygens (including phenoxy) is 1. The molecular formula is C18H26N2O2. The molecule has 4 heteroatoms. The van der Waals surface area contributed by atoms with Gasteiger partial charge in [-0.15, -0.1) is 0 Å². The molecule has 0 aromatic heterocycles. The van der Waals surface area contributed by atoms with Crippen LogP contribution in [0.25, 0.3) is 0 Å². The summed E-state index contributed by atoms with van der Waals surface area (Å²) in [4.78, 5) is 13.9. The van der Waals surface area contributed by atoms with Gasteiger partial charge in [0.2, 0.25) is 5.91 Å². The van der Waals surface area contributed by atoms with Gasteiger partial charge in [-0.1, -0.05) is 19.1 Å². The Kier molecular flexibility index (Phi) is 8.06. The van der Waals surface area contributed by atoms with Crippen molar-refractivity contribution in [1.29, 1.82) is 5.26 Å². The Morgan fingerprint density at radius 2 is 2.05 bits per heavy atom. The van der Waals surface area contributed by atoms with Crippen molar-refractivity contribution in [2.24, 2.45) is 5.92 Å². The zero-order valence-corrected chi connectivity index (χ0v) is 13.8. The van der Waals surface area contributed by atoms with Crippen LogP contribution in [0, 0.1) is 17.2 Å². The lowest BCUT2D eigenvalue weighted by molar-refractivity contribution is -0.133. The average molecular weight is 302 g/mol. The molecule has 0 bridgehead atoms. The van der Waals surface area contributed by atoms with Crippen molar-refractivity contribution in [3.8, 4) is 11.8 Å². The summed E-state index contributed by atoms with van der Waals surface area (Å²) in [6.07, 6.45) is 2.22. The molecule has 1 aromatic carbocycles. The first-order valence-electron chi connectivity index (χ1n) is 8.06. The molecule has 22 heavy (non-hydrogen) atoms. The predicted octanol–water partition coefficient (Wildman–Crippen LogP) is 3.42. The van der Waals surface area contributed by atoms with Crippen LogP contribution in [0.5, 0.6) is 5.75 Å². The number of nitrogens with zero attached hydrogens (tertiary/aromatic N) is 2. The number of carbonyl (C=O) groups excluding carboxylic acids is 1. The van der Waals surface area contributed by atoms with Gasteiger partial charge < -0.3 is 9.64 Å². The van der Waals surface area contributed by atoms with Crippen LogP contribution in [0.4, 0.5) is 0 Å². The van der Waals surface area contributed by atoms with Gasteiger partial charge in [0, 0.05) is 13.1 Å². The maximum atomic E-state index is 12.1. The lowest BCUT2D eigenvalue weighted by atomic mass is 10.0. The SMILES string of the molecule is CCc1cccc(OCCCC(C#N)C(=O)N(CC)CC)c1. The number of amides is 1. The third-order valence-corrected chi connectivity index (χ3v) is 3.74. The van der Waals surface area contributed by atoms with E-state index in [9.17, 15) is 10.1 Å². The first-order valence-corrected chi connectivity index (χ1v) is 8.06. The minimum absolute atomic E-state index is 0.0690. The van der Waals surface area contributed by atoms with Crippen molar-refractivity contribution < 1.29 is 9.53 Å². The molecule has 0 aliphatic carbocycles. The highest BCUT2D eigenvalue weighted by molar-refractivity contribution is 5.81. The molecule has 0 fully saturated rings. The molecule has 1 atom stereocenters. The third-order valence-electron chi connectivity index (χ3n) is 3.74. The van der Waals surface area contributed by atoms with Crippen molar-refractivity contribution >= 4 is 5.91 Å². The van der Waals surface area contributed by atoms with Crippen molar-refractivity contribution in [1.82, 2.24) is 4.90 Å². The quantitative estimate of drug-likeness (QED) is 0.657. The van der Waals surface area contributed by atoms with Crippen molar-refractivity contribution in [2.45, 2.75) is 40.0 Å². The van der Waals surface area contributed by atoms with E-state index in [0.29, 0.717) is 32.5 Å². The molecule has 1 aromatic rings. The summed E-state index contributed by atoms with van der Waals surface area (Å²) < 4.78 is 5.70. The van der Waals surface area contributed by atoms with Gasteiger partial charge in [-0.05, 0) is 50.8 Å². The maximum absolute atomic E-state index is 12.1. The summed E-state index contributed by atoms with van der Waals surface area (Å²) in [5.41, 5.74) is 1.24. The van der Waals surface area contributed by atoms with Crippen LogP contribution in [0.15, 0.2) is 24.3 Å². The van der Waals surface area contributed by atoms with E-state index in [0.717, 1.165) is 12.2 Å². The number of hydrogen-bond acceptors (Lipinski definition) is 3. The van der Waals surface area contributed by atoms with E-state index in [1.54, 1.807) is 4.90 Å². The molecule has 0 saturated carbocycles. The minimum Gasteiger partial charge on any atom is -0.494 e. The lowest BCUT2D eigenvalue weighted by Crippen LogP contribution is -2.35. The largest absolute Gasteiger partial charge is 0.494 e. The summed E-state index contributed by atoms with van der Waals surface area (Å²) in [6, 6.07) is 10.1. The second kappa shape index (κ2) is 9.83. The van der Waals surface area contributed by atoms with Gasteiger partial charge in [0.05, 0.1) is 12.7 Å². The molecule has 0 aliphatic heterocycles. The normalized spacial score (nSPS) is 11.5. The number of nitriles is 1. The summed E-state index contributed by atoms with van der Waals surface area (Å²) in [7, 11) is 0. The number of aryl methyl sites for hydroxylation is 1. The van der Waals surface area contributed by atoms with Crippen LogP contribution in [-0.4, -0.2) is 30.5 Å². The molecule has 1 rings (SSSR count). The van der Waals surface area contributed by atoms with Gasteiger partial charge in [-0.25, -0.2) is 0 Å². The fourth-order valence-electron chi connectivity index (χ4n) is 2.33. The van der Waals surface area contributed by atoms with Crippen LogP contribution < -0.4 is 4.74 Å². The zero-order valence-electron chi connectivity index (χ0n) is 13.8. The summed E-state index contributed by atoms with van der Waals surface area (Å²) >= 11 is 0. The minimum atomic E-state index is -0.564. The van der Waals surface area contributed by atoms with Crippen LogP contribution in [-0.2, 0) is 11.2 Å². The standard InChI is InChI=1S/C18H26N2O2/c1-4-15-9-7-11-17(13-15)22-12-8-10-16(14-19)18(21)20(5-2)6-3/h7,9,11,13,16H,4-6,8,10,12H2,1-3H3. The Bertz CT molecular complexity index is 504. The highest BCUT2D eigenvalue weighted by Gasteiger charge is 2.21. The molecule has 1 amide bonds. The van der Waals surface area contributed by atoms with Crippen LogP contribution in [0.2, 0.25) is 0 Å². The third kappa shape index (κ3) is 5.40. The fraction of sp³-hybridized carbons (Fsp3) is 0.556. The summed E-state index contributed by atoms with van der Waals surface area (Å²) in [5.74, 6) is 0.217. The van der Waals surface area contributed by atoms with E-state index in [2.05, 4.69) is 19.1 Å². The Morgan fingerprint density at radius 1 is 1.32 bits per heavy atom. The summed E-state index contributed by atoms with van der Waals surface area (Å²) in [6.45, 7) is 7.79. The number of benzene rings is 1. The van der Waals surface area contributed by atoms with Gasteiger partial charge in [0.1, 0.15) is 11.7 Å². The Labute approximate surface area is 133 Å². The molecule has 0 spiro atoms. The number of hydrogen-bond donors (Lipinski definition) is 0. The molecule has 0 heterocycles. The number of carbonyl (C=O) groups is 1. The van der Waals surface area contributed by atoms with Crippen molar-refractivity contribution in [3.05, 3.63) is 29.8 Å². The van der Waals surface area contributed by atoms with Gasteiger partial charge in [-0.3, -0.25) is 4.79 Å².